The number of hydrogen-bond donors (Lipinski definition) is 4. The average molecular weight is 729 g/mol. The molecule has 0 aromatic carbocycles. The Kier molecular flexibility index (Phi) is 31.4. The molecule has 0 aliphatic carbocycles. The molecule has 17 nitrogen and oxygen atoms in total. The first-order valence-electron chi connectivity index (χ1n) is 15.9. The molecule has 18 heteroatoms. The third-order valence-corrected chi connectivity index (χ3v) is 6.77. The number of carboxylic acid groups (broad SMARTS) is 2. The minimum atomic E-state index is -0.867. The number of piperazine rings is 1. The average Bonchev–Trinajstić information content (AvgIpc) is 3.00. The van der Waals surface area contributed by atoms with Crippen molar-refractivity contribution in [1.29, 1.82) is 0 Å². The Hall–Kier alpha value is -1.96. The van der Waals surface area contributed by atoms with E-state index in [0.717, 1.165) is 6.54 Å². The number of carboxylic acids is 2. The molecule has 1 radical (unpaired) electrons. The number of nitrogens with two attached hydrogens (primary N) is 1. The van der Waals surface area contributed by atoms with E-state index in [9.17, 15) is 19.2 Å². The number of hydrazine groups is 1. The van der Waals surface area contributed by atoms with E-state index in [2.05, 4.69) is 5.32 Å². The molecule has 0 aromatic heterocycles. The van der Waals surface area contributed by atoms with Gasteiger partial charge in [0.15, 0.2) is 0 Å². The first kappa shape index (κ1) is 47.2. The van der Waals surface area contributed by atoms with Crippen LogP contribution in [0, 0.1) is 0 Å². The molecule has 281 valence electrons. The summed E-state index contributed by atoms with van der Waals surface area (Å²) in [7, 11) is 3.51. The molecule has 1 heterocycles. The van der Waals surface area contributed by atoms with Gasteiger partial charge in [-0.05, 0) is 27.2 Å². The van der Waals surface area contributed by atoms with Crippen LogP contribution < -0.4 is 11.2 Å². The van der Waals surface area contributed by atoms with E-state index in [-0.39, 0.29) is 48.5 Å². The number of likely N-dealkylation sites (N-methyl/N-ethyl adjacent to an activating group) is 3. The fourth-order valence-electron chi connectivity index (χ4n) is 3.89. The number of carbonyl (C=O) groups is 4. The molecule has 0 unspecified atom stereocenters. The van der Waals surface area contributed by atoms with Crippen molar-refractivity contribution in [3.8, 4) is 0 Å². The van der Waals surface area contributed by atoms with Gasteiger partial charge < -0.3 is 39.4 Å². The maximum absolute atomic E-state index is 12.1. The van der Waals surface area contributed by atoms with Crippen LogP contribution in [0.2, 0.25) is 0 Å². The largest absolute Gasteiger partial charge is 0.480 e. The molecule has 0 bridgehead atoms. The van der Waals surface area contributed by atoms with Crippen molar-refractivity contribution >= 4 is 23.8 Å². The topological polar surface area (TPSA) is 200 Å². The fourth-order valence-corrected chi connectivity index (χ4v) is 3.89. The van der Waals surface area contributed by atoms with Crippen molar-refractivity contribution in [2.24, 2.45) is 5.84 Å². The summed E-state index contributed by atoms with van der Waals surface area (Å²) in [4.78, 5) is 52.0. The molecule has 0 saturated carbocycles. The Morgan fingerprint density at radius 2 is 1.19 bits per heavy atom. The molecule has 0 aromatic rings. The molecule has 1 aliphatic heterocycles. The zero-order valence-electron chi connectivity index (χ0n) is 28.6. The van der Waals surface area contributed by atoms with Gasteiger partial charge >= 0.3 is 11.9 Å². The van der Waals surface area contributed by atoms with Crippen LogP contribution in [0.15, 0.2) is 0 Å². The third-order valence-electron chi connectivity index (χ3n) is 6.77. The van der Waals surface area contributed by atoms with Gasteiger partial charge in [0, 0.05) is 62.9 Å². The van der Waals surface area contributed by atoms with Gasteiger partial charge in [-0.25, -0.2) is 5.01 Å². The molecule has 5 N–H and O–H groups in total. The second kappa shape index (κ2) is 31.3. The van der Waals surface area contributed by atoms with Crippen molar-refractivity contribution in [2.75, 3.05) is 145 Å². The molecular weight excluding hydrogens is 670 g/mol. The van der Waals surface area contributed by atoms with E-state index in [0.29, 0.717) is 112 Å². The summed E-state index contributed by atoms with van der Waals surface area (Å²) in [6.07, 6.45) is 0.364. The minimum absolute atomic E-state index is 0. The standard InChI is InChI=1S/C24H48N6O8.C5H11NO2.Cu/c1-3-28(7-6-27(2)21-24(33)34)20-22(31)26-5-13-36-15-17-38-19-18-37-16-14-35-12-4-23(32)29-8-10-30(25)11-9-29;1-3-6(2)4-5(7)8;/h3-21,25H2,1-2H3,(H,26,31)(H,33,34);3-4H2,1-2H3,(H,7,8);. The summed E-state index contributed by atoms with van der Waals surface area (Å²) < 4.78 is 21.8. The first-order chi connectivity index (χ1) is 22.0. The van der Waals surface area contributed by atoms with Gasteiger partial charge in [-0.3, -0.25) is 39.7 Å². The number of aliphatic carboxylic acids is 2. The quantitative estimate of drug-likeness (QED) is 0.0430. The molecule has 47 heavy (non-hydrogen) atoms. The van der Waals surface area contributed by atoms with E-state index in [1.807, 2.05) is 23.6 Å². The van der Waals surface area contributed by atoms with Crippen molar-refractivity contribution in [1.82, 2.24) is 29.9 Å². The van der Waals surface area contributed by atoms with Gasteiger partial charge in [0.1, 0.15) is 0 Å². The zero-order chi connectivity index (χ0) is 34.6. The van der Waals surface area contributed by atoms with Crippen LogP contribution in [-0.2, 0) is 55.2 Å². The molecule has 1 rings (SSSR count). The van der Waals surface area contributed by atoms with Crippen LogP contribution >= 0.6 is 0 Å². The Bertz CT molecular complexity index is 826. The van der Waals surface area contributed by atoms with E-state index in [1.54, 1.807) is 28.9 Å². The Labute approximate surface area is 290 Å². The Balaban J connectivity index is 0. The molecule has 0 spiro atoms. The SMILES string of the molecule is CCN(C)CC(=O)O.CCN(CCN(C)CC(=O)O)CC(=O)NCCOCCOCCOCCOCCC(=O)N1CCN(N)CC1.[Cu]. The van der Waals surface area contributed by atoms with Crippen LogP contribution in [0.25, 0.3) is 0 Å². The predicted octanol–water partition coefficient (Wildman–Crippen LogP) is -2.06. The molecule has 1 saturated heterocycles. The van der Waals surface area contributed by atoms with E-state index >= 15 is 0 Å². The minimum Gasteiger partial charge on any atom is -0.480 e. The monoisotopic (exact) mass is 728 g/mol. The zero-order valence-corrected chi connectivity index (χ0v) is 29.6. The van der Waals surface area contributed by atoms with Gasteiger partial charge in [-0.15, -0.1) is 0 Å². The van der Waals surface area contributed by atoms with E-state index in [1.165, 1.54) is 0 Å². The summed E-state index contributed by atoms with van der Waals surface area (Å²) in [6, 6.07) is 0. The third kappa shape index (κ3) is 29.9. The normalized spacial score (nSPS) is 13.3. The number of rotatable bonds is 26. The summed E-state index contributed by atoms with van der Waals surface area (Å²) in [6.45, 7) is 13.4. The van der Waals surface area contributed by atoms with Gasteiger partial charge in [0.2, 0.25) is 11.8 Å². The summed E-state index contributed by atoms with van der Waals surface area (Å²) >= 11 is 0. The predicted molar refractivity (Wildman–Crippen MR) is 171 cm³/mol. The number of carbonyl (C=O) groups excluding carboxylic acids is 2. The number of nitrogens with zero attached hydrogens (tertiary/aromatic N) is 5. The van der Waals surface area contributed by atoms with Crippen LogP contribution in [0.3, 0.4) is 0 Å². The number of ether oxygens (including phenoxy) is 4. The van der Waals surface area contributed by atoms with Crippen molar-refractivity contribution in [2.45, 2.75) is 20.3 Å². The smallest absolute Gasteiger partial charge is 0.317 e. The van der Waals surface area contributed by atoms with Gasteiger partial charge in [-0.2, -0.15) is 0 Å². The number of nitrogens with one attached hydrogen (secondary N) is 1. The van der Waals surface area contributed by atoms with Crippen molar-refractivity contribution < 1.29 is 65.4 Å². The molecule has 1 fully saturated rings. The van der Waals surface area contributed by atoms with Crippen LogP contribution in [0.4, 0.5) is 0 Å². The van der Waals surface area contributed by atoms with Gasteiger partial charge in [-0.1, -0.05) is 13.8 Å². The van der Waals surface area contributed by atoms with E-state index in [4.69, 9.17) is 35.0 Å². The number of hydrogen-bond acceptors (Lipinski definition) is 13. The van der Waals surface area contributed by atoms with Crippen molar-refractivity contribution in [3.05, 3.63) is 0 Å². The Morgan fingerprint density at radius 3 is 1.66 bits per heavy atom. The van der Waals surface area contributed by atoms with Crippen molar-refractivity contribution in [3.63, 3.8) is 0 Å². The van der Waals surface area contributed by atoms with Gasteiger partial charge in [0.05, 0.1) is 78.9 Å². The van der Waals surface area contributed by atoms with Crippen LogP contribution in [-0.4, -0.2) is 204 Å². The van der Waals surface area contributed by atoms with E-state index < -0.39 is 11.9 Å². The van der Waals surface area contributed by atoms with Crippen LogP contribution in [0.5, 0.6) is 0 Å². The second-order valence-corrected chi connectivity index (χ2v) is 10.7. The fraction of sp³-hybridized carbons (Fsp3) is 0.862. The Morgan fingerprint density at radius 1 is 0.702 bits per heavy atom. The second-order valence-electron chi connectivity index (χ2n) is 10.7. The molecule has 1 aliphatic rings. The van der Waals surface area contributed by atoms with Gasteiger partial charge in [0.25, 0.3) is 0 Å². The summed E-state index contributed by atoms with van der Waals surface area (Å²) in [5.41, 5.74) is 0. The maximum Gasteiger partial charge on any atom is 0.317 e. The summed E-state index contributed by atoms with van der Waals surface area (Å²) in [5.74, 6) is 4.06. The molecule has 0 atom stereocenters. The van der Waals surface area contributed by atoms with Crippen LogP contribution in [0.1, 0.15) is 20.3 Å². The first-order valence-corrected chi connectivity index (χ1v) is 15.9. The molecule has 2 amide bonds. The number of amides is 2. The maximum atomic E-state index is 12.1. The molecular formula is C29H59CuN7O10. The summed E-state index contributed by atoms with van der Waals surface area (Å²) in [5, 5.41) is 21.5.